The number of aromatic amines is 2. The summed E-state index contributed by atoms with van der Waals surface area (Å²) in [4.78, 5) is 0. The molecule has 3 aromatic rings. The first kappa shape index (κ1) is 15.7. The first-order chi connectivity index (χ1) is 10.9. The molecular formula is C17H21N5S. The van der Waals surface area contributed by atoms with Gasteiger partial charge in [0.2, 0.25) is 0 Å². The lowest BCUT2D eigenvalue weighted by molar-refractivity contribution is 0.567. The smallest absolute Gasteiger partial charge is 0.196 e. The molecule has 120 valence electrons. The highest BCUT2D eigenvalue weighted by Crippen LogP contribution is 2.27. The molecule has 0 aliphatic carbocycles. The second-order valence-electron chi connectivity index (χ2n) is 6.73. The van der Waals surface area contributed by atoms with Crippen molar-refractivity contribution < 1.29 is 0 Å². The quantitative estimate of drug-likeness (QED) is 0.707. The van der Waals surface area contributed by atoms with Crippen LogP contribution in [0, 0.1) is 4.77 Å². The molecule has 6 heteroatoms. The molecule has 0 bridgehead atoms. The molecule has 23 heavy (non-hydrogen) atoms. The van der Waals surface area contributed by atoms with E-state index in [-0.39, 0.29) is 11.5 Å². The fourth-order valence-electron chi connectivity index (χ4n) is 2.55. The minimum Gasteiger partial charge on any atom is -0.291 e. The summed E-state index contributed by atoms with van der Waals surface area (Å²) in [6, 6.07) is 12.4. The van der Waals surface area contributed by atoms with E-state index in [1.807, 2.05) is 28.8 Å². The first-order valence-electron chi connectivity index (χ1n) is 7.66. The minimum atomic E-state index is 0.00816. The third-order valence-electron chi connectivity index (χ3n) is 3.99. The van der Waals surface area contributed by atoms with Gasteiger partial charge in [-0.3, -0.25) is 14.8 Å². The minimum absolute atomic E-state index is 0.00816. The summed E-state index contributed by atoms with van der Waals surface area (Å²) in [5.41, 5.74) is 3.05. The molecule has 2 N–H and O–H groups in total. The zero-order valence-electron chi connectivity index (χ0n) is 13.8. The topological polar surface area (TPSA) is 62.3 Å². The first-order valence-corrected chi connectivity index (χ1v) is 8.07. The molecule has 0 unspecified atom stereocenters. The highest BCUT2D eigenvalue weighted by molar-refractivity contribution is 7.71. The van der Waals surface area contributed by atoms with Crippen LogP contribution in [0.4, 0.5) is 0 Å². The third kappa shape index (κ3) is 2.99. The Morgan fingerprint density at radius 2 is 1.78 bits per heavy atom. The molecule has 0 aliphatic rings. The summed E-state index contributed by atoms with van der Waals surface area (Å²) >= 11 is 5.44. The number of nitrogens with zero attached hydrogens (tertiary/aromatic N) is 3. The van der Waals surface area contributed by atoms with Crippen LogP contribution in [-0.2, 0) is 5.41 Å². The lowest BCUT2D eigenvalue weighted by atomic mass is 9.92. The largest absolute Gasteiger partial charge is 0.291 e. The average molecular weight is 327 g/mol. The fourth-order valence-corrected chi connectivity index (χ4v) is 2.84. The van der Waals surface area contributed by atoms with E-state index in [2.05, 4.69) is 60.2 Å². The van der Waals surface area contributed by atoms with Crippen LogP contribution in [0.3, 0.4) is 0 Å². The summed E-state index contributed by atoms with van der Waals surface area (Å²) in [5.74, 6) is 0.748. The van der Waals surface area contributed by atoms with Crippen molar-refractivity contribution in [2.24, 2.45) is 0 Å². The molecule has 0 saturated heterocycles. The van der Waals surface area contributed by atoms with Gasteiger partial charge in [0.25, 0.3) is 0 Å². The Hall–Kier alpha value is -2.21. The van der Waals surface area contributed by atoms with Crippen LogP contribution in [0.1, 0.15) is 45.0 Å². The summed E-state index contributed by atoms with van der Waals surface area (Å²) in [6.07, 6.45) is 0. The van der Waals surface area contributed by atoms with E-state index < -0.39 is 0 Å². The molecule has 1 atom stereocenters. The maximum Gasteiger partial charge on any atom is 0.196 e. The van der Waals surface area contributed by atoms with Gasteiger partial charge >= 0.3 is 0 Å². The van der Waals surface area contributed by atoms with Crippen LogP contribution in [-0.4, -0.2) is 25.0 Å². The van der Waals surface area contributed by atoms with Crippen LogP contribution in [0.2, 0.25) is 0 Å². The molecule has 0 aliphatic heterocycles. The second kappa shape index (κ2) is 5.77. The maximum atomic E-state index is 5.44. The summed E-state index contributed by atoms with van der Waals surface area (Å²) in [6.45, 7) is 8.55. The van der Waals surface area contributed by atoms with Gasteiger partial charge in [0.05, 0.1) is 6.04 Å². The van der Waals surface area contributed by atoms with Gasteiger partial charge in [-0.15, -0.1) is 0 Å². The Bertz CT molecular complexity index is 851. The van der Waals surface area contributed by atoms with Crippen LogP contribution in [0.25, 0.3) is 11.5 Å². The monoisotopic (exact) mass is 327 g/mol. The molecule has 5 nitrogen and oxygen atoms in total. The van der Waals surface area contributed by atoms with Crippen molar-refractivity contribution in [2.75, 3.05) is 0 Å². The van der Waals surface area contributed by atoms with Crippen LogP contribution in [0.15, 0.2) is 36.4 Å². The summed E-state index contributed by atoms with van der Waals surface area (Å²) in [7, 11) is 0. The average Bonchev–Trinajstić information content (AvgIpc) is 3.13. The van der Waals surface area contributed by atoms with Crippen molar-refractivity contribution >= 4 is 12.2 Å². The van der Waals surface area contributed by atoms with Crippen LogP contribution >= 0.6 is 12.2 Å². The molecule has 2 heterocycles. The van der Waals surface area contributed by atoms with Gasteiger partial charge in [-0.1, -0.05) is 51.1 Å². The number of aromatic nitrogens is 5. The standard InChI is InChI=1S/C17H21N5S/c1-11(12-8-6-5-7-9-12)22-15(20-21-16(22)23)13-10-14(19-18-13)17(2,3)4/h5-11H,1-4H3,(H,18,19)(H,21,23)/t11-/m1/s1. The third-order valence-corrected chi connectivity index (χ3v) is 4.28. The summed E-state index contributed by atoms with van der Waals surface area (Å²) in [5, 5.41) is 14.8. The maximum absolute atomic E-state index is 5.44. The van der Waals surface area contributed by atoms with Crippen molar-refractivity contribution in [3.8, 4) is 11.5 Å². The molecule has 2 aromatic heterocycles. The number of benzene rings is 1. The molecule has 3 rings (SSSR count). The van der Waals surface area contributed by atoms with Gasteiger partial charge in [0, 0.05) is 11.1 Å². The molecular weight excluding hydrogens is 306 g/mol. The Morgan fingerprint density at radius 1 is 1.09 bits per heavy atom. The second-order valence-corrected chi connectivity index (χ2v) is 7.11. The Balaban J connectivity index is 2.06. The van der Waals surface area contributed by atoms with Crippen molar-refractivity contribution in [1.82, 2.24) is 25.0 Å². The Labute approximate surface area is 140 Å². The van der Waals surface area contributed by atoms with Gasteiger partial charge in [0.1, 0.15) is 5.69 Å². The van der Waals surface area contributed by atoms with Gasteiger partial charge in [-0.25, -0.2) is 0 Å². The van der Waals surface area contributed by atoms with Crippen LogP contribution < -0.4 is 0 Å². The normalized spacial score (nSPS) is 13.2. The van der Waals surface area contributed by atoms with E-state index in [9.17, 15) is 0 Å². The Kier molecular flexibility index (Phi) is 3.93. The van der Waals surface area contributed by atoms with E-state index in [0.717, 1.165) is 17.2 Å². The van der Waals surface area contributed by atoms with Gasteiger partial charge in [0.15, 0.2) is 10.6 Å². The van der Waals surface area contributed by atoms with Crippen molar-refractivity contribution in [3.63, 3.8) is 0 Å². The van der Waals surface area contributed by atoms with E-state index in [4.69, 9.17) is 12.2 Å². The zero-order valence-corrected chi connectivity index (χ0v) is 14.6. The van der Waals surface area contributed by atoms with E-state index >= 15 is 0 Å². The molecule has 0 saturated carbocycles. The number of H-pyrrole nitrogens is 2. The van der Waals surface area contributed by atoms with Crippen molar-refractivity contribution in [1.29, 1.82) is 0 Å². The summed E-state index contributed by atoms with van der Waals surface area (Å²) < 4.78 is 2.60. The molecule has 1 aromatic carbocycles. The number of nitrogens with one attached hydrogen (secondary N) is 2. The lowest BCUT2D eigenvalue weighted by Gasteiger charge is -2.15. The highest BCUT2D eigenvalue weighted by atomic mass is 32.1. The van der Waals surface area contributed by atoms with Crippen LogP contribution in [0.5, 0.6) is 0 Å². The van der Waals surface area contributed by atoms with E-state index in [1.54, 1.807) is 0 Å². The molecule has 0 fully saturated rings. The van der Waals surface area contributed by atoms with Gasteiger partial charge < -0.3 is 0 Å². The lowest BCUT2D eigenvalue weighted by Crippen LogP contribution is -2.11. The van der Waals surface area contributed by atoms with Crippen molar-refractivity contribution in [3.05, 3.63) is 52.4 Å². The van der Waals surface area contributed by atoms with E-state index in [0.29, 0.717) is 4.77 Å². The van der Waals surface area contributed by atoms with E-state index in [1.165, 1.54) is 5.56 Å². The SMILES string of the molecule is C[C@H](c1ccccc1)n1c(-c2cc(C(C)(C)C)[nH]n2)n[nH]c1=S. The fraction of sp³-hybridized carbons (Fsp3) is 0.353. The zero-order chi connectivity index (χ0) is 16.6. The predicted molar refractivity (Wildman–Crippen MR) is 93.9 cm³/mol. The Morgan fingerprint density at radius 3 is 2.39 bits per heavy atom. The van der Waals surface area contributed by atoms with Crippen molar-refractivity contribution in [2.45, 2.75) is 39.2 Å². The number of hydrogen-bond acceptors (Lipinski definition) is 3. The molecule has 0 spiro atoms. The highest BCUT2D eigenvalue weighted by Gasteiger charge is 2.21. The molecule has 0 amide bonds. The van der Waals surface area contributed by atoms with Gasteiger partial charge in [-0.2, -0.15) is 10.2 Å². The molecule has 0 radical (unpaired) electrons. The predicted octanol–water partition coefficient (Wildman–Crippen LogP) is 4.24. The number of rotatable bonds is 3. The number of hydrogen-bond donors (Lipinski definition) is 2. The van der Waals surface area contributed by atoms with Gasteiger partial charge in [-0.05, 0) is 30.8 Å².